The number of rotatable bonds is 22. The Morgan fingerprint density at radius 2 is 1.48 bits per heavy atom. The lowest BCUT2D eigenvalue weighted by molar-refractivity contribution is -0.163. The fourth-order valence-electron chi connectivity index (χ4n) is 12.4. The smallest absolute Gasteiger partial charge is 0.410 e. The minimum atomic E-state index is -5.70. The zero-order valence-electron chi connectivity index (χ0n) is 55.3. The van der Waals surface area contributed by atoms with Crippen LogP contribution in [0.2, 0.25) is 0 Å². The lowest BCUT2D eigenvalue weighted by Crippen LogP contribution is -2.61. The maximum atomic E-state index is 16.6. The number of hydrogen-bond acceptors (Lipinski definition) is 17. The molecule has 0 saturated carbocycles. The molecule has 0 spiro atoms. The van der Waals surface area contributed by atoms with Crippen LogP contribution in [-0.4, -0.2) is 167 Å². The van der Waals surface area contributed by atoms with Gasteiger partial charge < -0.3 is 55.7 Å². The minimum Gasteiger partial charge on any atom is -0.438 e. The summed E-state index contributed by atoms with van der Waals surface area (Å²) in [5.74, 6) is -0.318. The number of ether oxygens (including phenoxy) is 2. The van der Waals surface area contributed by atoms with Gasteiger partial charge in [0.15, 0.2) is 0 Å². The molecule has 0 aliphatic carbocycles. The molecule has 6 atom stereocenters. The van der Waals surface area contributed by atoms with Crippen molar-refractivity contribution in [2.75, 3.05) is 46.8 Å². The van der Waals surface area contributed by atoms with E-state index in [0.717, 1.165) is 24.1 Å². The average molecular weight is 1370 g/mol. The molecule has 97 heavy (non-hydrogen) atoms. The molecule has 1 aromatic heterocycles. The first-order valence-electron chi connectivity index (χ1n) is 32.4. The van der Waals surface area contributed by atoms with E-state index in [1.165, 1.54) is 63.5 Å². The minimum absolute atomic E-state index is 0.0205. The number of esters is 2. The van der Waals surface area contributed by atoms with Gasteiger partial charge in [-0.3, -0.25) is 71.7 Å². The second-order valence-corrected chi connectivity index (χ2v) is 29.3. The highest BCUT2D eigenvalue weighted by atomic mass is 31.2. The van der Waals surface area contributed by atoms with Gasteiger partial charge in [0.2, 0.25) is 54.9 Å². The van der Waals surface area contributed by atoms with Crippen molar-refractivity contribution in [2.45, 2.75) is 161 Å². The van der Waals surface area contributed by atoms with E-state index in [1.807, 2.05) is 11.0 Å². The molecule has 6 heterocycles. The number of aromatic nitrogens is 1. The van der Waals surface area contributed by atoms with Gasteiger partial charge in [-0.05, 0) is 154 Å². The van der Waals surface area contributed by atoms with Gasteiger partial charge in [-0.1, -0.05) is 54.3 Å². The number of nitrogens with zero attached hydrogens (tertiary/aromatic N) is 4. The van der Waals surface area contributed by atoms with E-state index in [9.17, 15) is 57.3 Å². The summed E-state index contributed by atoms with van der Waals surface area (Å²) in [4.78, 5) is 157. The summed E-state index contributed by atoms with van der Waals surface area (Å²) < 4.78 is 67.1. The van der Waals surface area contributed by atoms with Crippen LogP contribution in [0.5, 0.6) is 0 Å². The van der Waals surface area contributed by atoms with Crippen LogP contribution >= 0.6 is 7.60 Å². The van der Waals surface area contributed by atoms with Gasteiger partial charge in [-0.2, -0.15) is 8.78 Å². The fraction of sp³-hybridized carbons (Fsp3) is 0.515. The number of halogens is 2. The molecular formula is C68H83F2N10O16P. The number of nitrogens with two attached hydrogens (primary N) is 1. The Bertz CT molecular complexity index is 3800. The van der Waals surface area contributed by atoms with Crippen molar-refractivity contribution in [1.29, 1.82) is 0 Å². The summed E-state index contributed by atoms with van der Waals surface area (Å²) in [6.07, 6.45) is 3.34. The Labute approximate surface area is 560 Å². The molecule has 5 aliphatic heterocycles. The maximum Gasteiger partial charge on any atom is 0.410 e. The Kier molecular flexibility index (Phi) is 22.6. The zero-order valence-corrected chi connectivity index (χ0v) is 56.2. The van der Waals surface area contributed by atoms with Crippen molar-refractivity contribution in [3.63, 3.8) is 0 Å². The van der Waals surface area contributed by atoms with Crippen molar-refractivity contribution in [3.8, 4) is 11.8 Å². The molecule has 9 amide bonds. The fourth-order valence-corrected chi connectivity index (χ4v) is 13.7. The highest BCUT2D eigenvalue weighted by Gasteiger charge is 2.56. The molecule has 29 heteroatoms. The van der Waals surface area contributed by atoms with Crippen LogP contribution in [0.3, 0.4) is 0 Å². The highest BCUT2D eigenvalue weighted by Crippen LogP contribution is 2.67. The van der Waals surface area contributed by atoms with Crippen LogP contribution in [0, 0.1) is 28.6 Å². The number of fused-ring (bicyclic) bond motifs is 3. The Balaban J connectivity index is 0.838. The van der Waals surface area contributed by atoms with E-state index in [-0.39, 0.29) is 79.5 Å². The van der Waals surface area contributed by atoms with E-state index in [4.69, 9.17) is 24.3 Å². The number of nitrogens with one attached hydrogen (secondary N) is 5. The number of H-pyrrole nitrogens is 1. The zero-order chi connectivity index (χ0) is 70.3. The molecule has 26 nitrogen and oxygen atoms in total. The van der Waals surface area contributed by atoms with E-state index in [0.29, 0.717) is 68.4 Å². The number of imide groups is 1. The molecule has 5 aliphatic rings. The van der Waals surface area contributed by atoms with Crippen molar-refractivity contribution in [2.24, 2.45) is 22.5 Å². The van der Waals surface area contributed by atoms with Gasteiger partial charge in [0.1, 0.15) is 35.9 Å². The maximum absolute atomic E-state index is 16.6. The van der Waals surface area contributed by atoms with E-state index in [1.54, 1.807) is 54.4 Å². The third-order valence-corrected chi connectivity index (χ3v) is 19.8. The Hall–Kier alpha value is -8.90. The summed E-state index contributed by atoms with van der Waals surface area (Å²) >= 11 is 0. The molecule has 7 N–H and O–H groups in total. The molecule has 1 unspecified atom stereocenters. The standard InChI is InChI=1S/C68H83F2N10O16P/c1-66(2,3)64(90)93-38-95-97(92,96-39-94-65(91)67(4,5)6)68(69,70)44-20-22-48-43(34-44)35-50(72-48)58(84)74-51-37-77(7)31-30-45-21-24-53(80(45)62(51)88)60(86)73-49(23-26-54(71)81)57(83)76-56(42-16-9-8-10-17-42)63(89)78-32-28-40(29-33-78)14-11-12-15-41-18-13-19-46-47(41)36-79(61(46)87)52-25-27-55(82)75-59(52)85/h8-10,13,16-20,22,34-35,40,45,49,51-53,56,72H,11,14,21,23-33,36-39H2,1-7H3,(H2,71,81)(H,73,86)(H,74,84)(H,76,83)(H,75,82,85)/t45-,49+,51+,52?,53+,56+/m1/s1. The van der Waals surface area contributed by atoms with Crippen LogP contribution < -0.4 is 27.0 Å². The van der Waals surface area contributed by atoms with Gasteiger partial charge in [-0.15, -0.1) is 0 Å². The van der Waals surface area contributed by atoms with Gasteiger partial charge in [0.25, 0.3) is 11.8 Å². The van der Waals surface area contributed by atoms with Crippen LogP contribution in [0.4, 0.5) is 8.78 Å². The van der Waals surface area contributed by atoms with Crippen LogP contribution in [0.1, 0.15) is 161 Å². The number of carbonyl (C=O) groups is 11. The van der Waals surface area contributed by atoms with E-state index >= 15 is 8.78 Å². The predicted molar refractivity (Wildman–Crippen MR) is 345 cm³/mol. The normalized spacial score (nSPS) is 20.3. The summed E-state index contributed by atoms with van der Waals surface area (Å²) in [6.45, 7) is 7.92. The number of alkyl halides is 2. The summed E-state index contributed by atoms with van der Waals surface area (Å²) in [6, 6.07) is 11.8. The largest absolute Gasteiger partial charge is 0.438 e. The van der Waals surface area contributed by atoms with E-state index in [2.05, 4.69) is 38.1 Å². The van der Waals surface area contributed by atoms with Crippen molar-refractivity contribution in [1.82, 2.24) is 45.9 Å². The monoisotopic (exact) mass is 1360 g/mol. The lowest BCUT2D eigenvalue weighted by Gasteiger charge is -2.38. The number of primary amides is 1. The molecule has 9 rings (SSSR count). The Morgan fingerprint density at radius 3 is 2.13 bits per heavy atom. The number of aromatic amines is 1. The molecule has 3 aromatic carbocycles. The lowest BCUT2D eigenvalue weighted by atomic mass is 9.91. The number of amides is 9. The third-order valence-electron chi connectivity index (χ3n) is 18.0. The second kappa shape index (κ2) is 30.2. The van der Waals surface area contributed by atoms with Crippen molar-refractivity contribution >= 4 is 83.6 Å². The second-order valence-electron chi connectivity index (χ2n) is 27.2. The number of hydrogen-bond donors (Lipinski definition) is 6. The van der Waals surface area contributed by atoms with Gasteiger partial charge in [-0.25, -0.2) is 0 Å². The van der Waals surface area contributed by atoms with Crippen molar-refractivity contribution in [3.05, 3.63) is 106 Å². The average Bonchev–Trinajstić information content (AvgIpc) is 1.75. The predicted octanol–water partition coefficient (Wildman–Crippen LogP) is 5.77. The molecule has 0 bridgehead atoms. The topological polar surface area (TPSA) is 345 Å². The molecule has 520 valence electrons. The highest BCUT2D eigenvalue weighted by molar-refractivity contribution is 7.54. The van der Waals surface area contributed by atoms with Gasteiger partial charge in [0.05, 0.1) is 10.8 Å². The van der Waals surface area contributed by atoms with Crippen molar-refractivity contribution < 1.29 is 84.6 Å². The molecule has 0 radical (unpaired) electrons. The number of likely N-dealkylation sites (N-methyl/N-ethyl adjacent to an activating group) is 1. The molecular weight excluding hydrogens is 1280 g/mol. The number of piperidine rings is 2. The van der Waals surface area contributed by atoms with Gasteiger partial charge >= 0.3 is 25.2 Å². The van der Waals surface area contributed by atoms with Crippen LogP contribution in [0.25, 0.3) is 10.9 Å². The molecule has 4 saturated heterocycles. The summed E-state index contributed by atoms with van der Waals surface area (Å²) in [5, 5.41) is 10.7. The van der Waals surface area contributed by atoms with E-state index < -0.39 is 133 Å². The number of benzene rings is 3. The SMILES string of the molecule is CN1CC[C@H]2CC[C@@H](C(=O)N[C@@H](CCC(N)=O)C(=O)N[C@H](C(=O)N3CCC(CCC#Cc4cccc5c4CN(C4CCC(=O)NC4=O)C5=O)CC3)c3ccccc3)N2C(=O)[C@@H](NC(=O)c2cc3cc(C(F)(F)P(=O)(OCOC(=O)C(C)(C)C)OCOC(=O)C(C)(C)C)ccc3[nH]2)C1. The first-order chi connectivity index (χ1) is 45.8. The van der Waals surface area contributed by atoms with Crippen LogP contribution in [0.15, 0.2) is 72.8 Å². The number of likely N-dealkylation sites (tertiary alicyclic amines) is 1. The Morgan fingerprint density at radius 1 is 0.804 bits per heavy atom. The number of carbonyl (C=O) groups excluding carboxylic acids is 11. The van der Waals surface area contributed by atoms with Gasteiger partial charge in [0, 0.05) is 79.1 Å². The molecule has 4 aromatic rings. The molecule has 4 fully saturated rings. The first kappa shape index (κ1) is 72.4. The third kappa shape index (κ3) is 17.1. The van der Waals surface area contributed by atoms with Crippen LogP contribution in [-0.2, 0) is 78.4 Å². The quantitative estimate of drug-likeness (QED) is 0.0179. The summed E-state index contributed by atoms with van der Waals surface area (Å²) in [7, 11) is -3.95. The summed E-state index contributed by atoms with van der Waals surface area (Å²) in [5.41, 5.74) is 0.372. The first-order valence-corrected chi connectivity index (χ1v) is 33.9.